The first-order valence-corrected chi connectivity index (χ1v) is 9.75. The largest absolute Gasteiger partial charge is 0.459 e. The first-order valence-electron chi connectivity index (χ1n) is 8.53. The maximum atomic E-state index is 12.9. The molecule has 1 aromatic carbocycles. The molecule has 0 amide bonds. The molecule has 1 N–H and O–H groups in total. The van der Waals surface area contributed by atoms with Gasteiger partial charge in [0.25, 0.3) is 5.56 Å². The van der Waals surface area contributed by atoms with Crippen molar-refractivity contribution < 1.29 is 9.53 Å². The summed E-state index contributed by atoms with van der Waals surface area (Å²) in [5, 5.41) is 0.565. The molecule has 0 aliphatic carbocycles. The molecule has 0 spiro atoms. The smallest absolute Gasteiger partial charge is 0.329 e. The normalized spacial score (nSPS) is 12.2. The number of H-pyrrole nitrogens is 1. The monoisotopic (exact) mass is 388 g/mol. The second-order valence-corrected chi connectivity index (χ2v) is 7.46. The maximum absolute atomic E-state index is 12.9. The molecule has 2 heterocycles. The number of aromatic nitrogens is 2. The average Bonchev–Trinajstić information content (AvgIpc) is 3.07. The average molecular weight is 389 g/mol. The lowest BCUT2D eigenvalue weighted by atomic mass is 10.2. The van der Waals surface area contributed by atoms with E-state index in [1.807, 2.05) is 50.2 Å². The van der Waals surface area contributed by atoms with E-state index in [-0.39, 0.29) is 16.9 Å². The van der Waals surface area contributed by atoms with Gasteiger partial charge in [-0.1, -0.05) is 44.2 Å². The molecular weight excluding hydrogens is 368 g/mol. The summed E-state index contributed by atoms with van der Waals surface area (Å²) in [6.45, 7) is 4.04. The Balaban J connectivity index is 1.93. The van der Waals surface area contributed by atoms with E-state index in [0.29, 0.717) is 11.8 Å². The van der Waals surface area contributed by atoms with Gasteiger partial charge in [0.2, 0.25) is 0 Å². The summed E-state index contributed by atoms with van der Waals surface area (Å²) in [5.74, 6) is -0.455. The lowest BCUT2D eigenvalue weighted by molar-refractivity contribution is -0.149. The van der Waals surface area contributed by atoms with E-state index in [1.54, 1.807) is 0 Å². The number of fused-ring (bicyclic) bond motifs is 1. The summed E-state index contributed by atoms with van der Waals surface area (Å²) >= 11 is 6.88. The molecule has 136 valence electrons. The van der Waals surface area contributed by atoms with Gasteiger partial charge >= 0.3 is 5.97 Å². The number of aromatic amines is 1. The summed E-state index contributed by atoms with van der Waals surface area (Å²) in [6.07, 6.45) is 1.26. The number of hydrogen-bond acceptors (Lipinski definition) is 5. The zero-order valence-corrected chi connectivity index (χ0v) is 16.3. The van der Waals surface area contributed by atoms with Crippen molar-refractivity contribution in [1.29, 1.82) is 0 Å². The van der Waals surface area contributed by atoms with Crippen molar-refractivity contribution in [3.05, 3.63) is 62.0 Å². The SMILES string of the molecule is CCc1cc2c(=O)n(C(CC)C(=O)OCc3ccccc3)c(=S)[nH]c2s1. The van der Waals surface area contributed by atoms with Crippen LogP contribution in [0.2, 0.25) is 0 Å². The van der Waals surface area contributed by atoms with Crippen LogP contribution >= 0.6 is 23.6 Å². The molecule has 1 atom stereocenters. The molecular formula is C19H20N2O3S2. The highest BCUT2D eigenvalue weighted by molar-refractivity contribution is 7.71. The molecule has 0 bridgehead atoms. The lowest BCUT2D eigenvalue weighted by Crippen LogP contribution is -2.31. The molecule has 0 fully saturated rings. The van der Waals surface area contributed by atoms with Crippen molar-refractivity contribution in [2.75, 3.05) is 0 Å². The minimum absolute atomic E-state index is 0.169. The van der Waals surface area contributed by atoms with Gasteiger partial charge in [-0.05, 0) is 36.7 Å². The van der Waals surface area contributed by atoms with Crippen molar-refractivity contribution in [3.63, 3.8) is 0 Å². The fraction of sp³-hybridized carbons (Fsp3) is 0.316. The molecule has 3 rings (SSSR count). The summed E-state index contributed by atoms with van der Waals surface area (Å²) < 4.78 is 7.02. The van der Waals surface area contributed by atoms with Crippen molar-refractivity contribution >= 4 is 39.7 Å². The predicted molar refractivity (Wildman–Crippen MR) is 106 cm³/mol. The molecule has 5 nitrogen and oxygen atoms in total. The van der Waals surface area contributed by atoms with Crippen LogP contribution in [0.1, 0.15) is 36.8 Å². The fourth-order valence-corrected chi connectivity index (χ4v) is 4.17. The first kappa shape index (κ1) is 18.5. The number of benzene rings is 1. The van der Waals surface area contributed by atoms with Crippen LogP contribution in [0.25, 0.3) is 10.2 Å². The first-order chi connectivity index (χ1) is 12.5. The number of carbonyl (C=O) groups is 1. The Morgan fingerprint density at radius 3 is 2.69 bits per heavy atom. The van der Waals surface area contributed by atoms with Crippen LogP contribution in [0.5, 0.6) is 0 Å². The summed E-state index contributed by atoms with van der Waals surface area (Å²) in [6, 6.07) is 10.6. The minimum Gasteiger partial charge on any atom is -0.459 e. The van der Waals surface area contributed by atoms with Gasteiger partial charge in [0.15, 0.2) is 4.77 Å². The number of nitrogens with zero attached hydrogens (tertiary/aromatic N) is 1. The van der Waals surface area contributed by atoms with Crippen LogP contribution in [0.4, 0.5) is 0 Å². The highest BCUT2D eigenvalue weighted by atomic mass is 32.1. The standard InChI is InChI=1S/C19H20N2O3S2/c1-3-13-10-14-16(26-13)20-19(25)21(17(14)22)15(4-2)18(23)24-11-12-8-6-5-7-9-12/h5-10,15H,3-4,11H2,1-2H3,(H,20,25). The highest BCUT2D eigenvalue weighted by Crippen LogP contribution is 2.23. The van der Waals surface area contributed by atoms with Crippen LogP contribution in [0.15, 0.2) is 41.2 Å². The molecule has 0 saturated heterocycles. The number of hydrogen-bond donors (Lipinski definition) is 1. The molecule has 0 radical (unpaired) electrons. The molecule has 26 heavy (non-hydrogen) atoms. The molecule has 0 aliphatic rings. The molecule has 3 aromatic rings. The third-order valence-corrected chi connectivity index (χ3v) is 5.71. The topological polar surface area (TPSA) is 64.1 Å². The van der Waals surface area contributed by atoms with Gasteiger partial charge in [0.1, 0.15) is 17.5 Å². The van der Waals surface area contributed by atoms with Crippen molar-refractivity contribution in [1.82, 2.24) is 9.55 Å². The molecule has 7 heteroatoms. The molecule has 1 unspecified atom stereocenters. The van der Waals surface area contributed by atoms with Crippen LogP contribution in [-0.4, -0.2) is 15.5 Å². The lowest BCUT2D eigenvalue weighted by Gasteiger charge is -2.17. The highest BCUT2D eigenvalue weighted by Gasteiger charge is 2.24. The number of ether oxygens (including phenoxy) is 1. The van der Waals surface area contributed by atoms with Crippen LogP contribution in [-0.2, 0) is 22.6 Å². The third kappa shape index (κ3) is 3.64. The van der Waals surface area contributed by atoms with Gasteiger partial charge in [0.05, 0.1) is 5.39 Å². The van der Waals surface area contributed by atoms with Gasteiger partial charge < -0.3 is 9.72 Å². The van der Waals surface area contributed by atoms with Gasteiger partial charge in [-0.15, -0.1) is 11.3 Å². The predicted octanol–water partition coefficient (Wildman–Crippen LogP) is 4.38. The van der Waals surface area contributed by atoms with Crippen LogP contribution < -0.4 is 5.56 Å². The molecule has 0 aliphatic heterocycles. The van der Waals surface area contributed by atoms with E-state index in [0.717, 1.165) is 21.7 Å². The maximum Gasteiger partial charge on any atom is 0.329 e. The third-order valence-electron chi connectivity index (χ3n) is 4.21. The van der Waals surface area contributed by atoms with E-state index >= 15 is 0 Å². The van der Waals surface area contributed by atoms with Crippen LogP contribution in [0.3, 0.4) is 0 Å². The Hall–Kier alpha value is -2.25. The summed E-state index contributed by atoms with van der Waals surface area (Å²) in [5.41, 5.74) is 0.650. The molecule has 0 saturated carbocycles. The second kappa shape index (κ2) is 7.97. The number of carbonyl (C=O) groups excluding carboxylic acids is 1. The van der Waals surface area contributed by atoms with Gasteiger partial charge in [-0.2, -0.15) is 0 Å². The second-order valence-electron chi connectivity index (χ2n) is 5.93. The van der Waals surface area contributed by atoms with E-state index < -0.39 is 12.0 Å². The Labute approximate surface area is 160 Å². The Kier molecular flexibility index (Phi) is 5.68. The van der Waals surface area contributed by atoms with Crippen LogP contribution in [0, 0.1) is 4.77 Å². The van der Waals surface area contributed by atoms with Gasteiger partial charge in [0, 0.05) is 4.88 Å². The Morgan fingerprint density at radius 1 is 1.31 bits per heavy atom. The number of esters is 1. The number of nitrogens with one attached hydrogen (secondary N) is 1. The summed E-state index contributed by atoms with van der Waals surface area (Å²) in [4.78, 5) is 30.5. The van der Waals surface area contributed by atoms with E-state index in [2.05, 4.69) is 4.98 Å². The van der Waals surface area contributed by atoms with E-state index in [4.69, 9.17) is 17.0 Å². The van der Waals surface area contributed by atoms with E-state index in [9.17, 15) is 9.59 Å². The Bertz CT molecular complexity index is 1030. The van der Waals surface area contributed by atoms with E-state index in [1.165, 1.54) is 15.9 Å². The van der Waals surface area contributed by atoms with Crippen molar-refractivity contribution in [2.45, 2.75) is 39.3 Å². The number of aryl methyl sites for hydroxylation is 1. The zero-order valence-electron chi connectivity index (χ0n) is 14.7. The van der Waals surface area contributed by atoms with Gasteiger partial charge in [-0.3, -0.25) is 9.36 Å². The Morgan fingerprint density at radius 2 is 2.04 bits per heavy atom. The molecule has 2 aromatic heterocycles. The van der Waals surface area contributed by atoms with Crippen molar-refractivity contribution in [2.24, 2.45) is 0 Å². The number of rotatable bonds is 6. The quantitative estimate of drug-likeness (QED) is 0.503. The fourth-order valence-electron chi connectivity index (χ4n) is 2.81. The summed E-state index contributed by atoms with van der Waals surface area (Å²) in [7, 11) is 0. The zero-order chi connectivity index (χ0) is 18.7. The van der Waals surface area contributed by atoms with Crippen molar-refractivity contribution in [3.8, 4) is 0 Å². The number of thiophene rings is 1. The minimum atomic E-state index is -0.746. The van der Waals surface area contributed by atoms with Gasteiger partial charge in [-0.25, -0.2) is 4.79 Å².